The van der Waals surface area contributed by atoms with Crippen LogP contribution in [0.1, 0.15) is 26.5 Å². The van der Waals surface area contributed by atoms with Crippen molar-refractivity contribution in [1.82, 2.24) is 9.78 Å². The summed E-state index contributed by atoms with van der Waals surface area (Å²) in [7, 11) is 1.89. The van der Waals surface area contributed by atoms with Crippen LogP contribution in [0.3, 0.4) is 0 Å². The standard InChI is InChI=1S/C16H22N4O2/c1-16(2,3)22-15(21)19-14-8-6-5-7-13(14)17-11-12-9-10-18-20(12)4/h5-10,17H,11H2,1-4H3,(H,19,21). The number of nitrogens with zero attached hydrogens (tertiary/aromatic N) is 2. The molecule has 0 fully saturated rings. The summed E-state index contributed by atoms with van der Waals surface area (Å²) in [5.74, 6) is 0. The summed E-state index contributed by atoms with van der Waals surface area (Å²) in [6.07, 6.45) is 1.28. The van der Waals surface area contributed by atoms with Crippen molar-refractivity contribution in [2.24, 2.45) is 7.05 Å². The maximum Gasteiger partial charge on any atom is 0.412 e. The van der Waals surface area contributed by atoms with Gasteiger partial charge in [-0.1, -0.05) is 12.1 Å². The van der Waals surface area contributed by atoms with Gasteiger partial charge in [-0.05, 0) is 39.0 Å². The lowest BCUT2D eigenvalue weighted by Crippen LogP contribution is -2.27. The monoisotopic (exact) mass is 302 g/mol. The molecule has 2 N–H and O–H groups in total. The maximum atomic E-state index is 11.9. The molecule has 118 valence electrons. The van der Waals surface area contributed by atoms with Crippen LogP contribution >= 0.6 is 0 Å². The molecule has 2 rings (SSSR count). The number of nitrogens with one attached hydrogen (secondary N) is 2. The number of benzene rings is 1. The quantitative estimate of drug-likeness (QED) is 0.908. The zero-order valence-corrected chi connectivity index (χ0v) is 13.4. The van der Waals surface area contributed by atoms with E-state index in [0.717, 1.165) is 11.4 Å². The second kappa shape index (κ2) is 6.51. The van der Waals surface area contributed by atoms with Crippen LogP contribution in [0.4, 0.5) is 16.2 Å². The SMILES string of the molecule is Cn1nccc1CNc1ccccc1NC(=O)OC(C)(C)C. The maximum absolute atomic E-state index is 11.9. The van der Waals surface area contributed by atoms with Gasteiger partial charge in [0.05, 0.1) is 23.6 Å². The van der Waals surface area contributed by atoms with Crippen LogP contribution in [-0.2, 0) is 18.3 Å². The predicted molar refractivity (Wildman–Crippen MR) is 86.8 cm³/mol. The van der Waals surface area contributed by atoms with Crippen LogP contribution in [0.15, 0.2) is 36.5 Å². The molecule has 6 nitrogen and oxygen atoms in total. The predicted octanol–water partition coefficient (Wildman–Crippen LogP) is 3.38. The van der Waals surface area contributed by atoms with Gasteiger partial charge in [0.15, 0.2) is 0 Å². The van der Waals surface area contributed by atoms with Crippen molar-refractivity contribution in [3.05, 3.63) is 42.2 Å². The smallest absolute Gasteiger partial charge is 0.412 e. The van der Waals surface area contributed by atoms with E-state index in [1.54, 1.807) is 10.9 Å². The van der Waals surface area contributed by atoms with E-state index in [4.69, 9.17) is 4.74 Å². The fourth-order valence-electron chi connectivity index (χ4n) is 1.92. The number of hydrogen-bond acceptors (Lipinski definition) is 4. The Bertz CT molecular complexity index is 644. The van der Waals surface area contributed by atoms with Gasteiger partial charge in [0, 0.05) is 13.2 Å². The lowest BCUT2D eigenvalue weighted by atomic mass is 10.2. The normalized spacial score (nSPS) is 11.1. The molecule has 0 unspecified atom stereocenters. The van der Waals surface area contributed by atoms with Gasteiger partial charge in [-0.25, -0.2) is 4.79 Å². The van der Waals surface area contributed by atoms with E-state index < -0.39 is 11.7 Å². The highest BCUT2D eigenvalue weighted by Gasteiger charge is 2.17. The number of ether oxygens (including phenoxy) is 1. The van der Waals surface area contributed by atoms with Crippen molar-refractivity contribution < 1.29 is 9.53 Å². The van der Waals surface area contributed by atoms with E-state index in [-0.39, 0.29) is 0 Å². The fraction of sp³-hybridized carbons (Fsp3) is 0.375. The molecule has 0 spiro atoms. The molecule has 0 radical (unpaired) electrons. The van der Waals surface area contributed by atoms with Crippen LogP contribution in [0.2, 0.25) is 0 Å². The van der Waals surface area contributed by atoms with Gasteiger partial charge < -0.3 is 10.1 Å². The lowest BCUT2D eigenvalue weighted by Gasteiger charge is -2.20. The number of para-hydroxylation sites is 2. The highest BCUT2D eigenvalue weighted by atomic mass is 16.6. The molecule has 1 aromatic heterocycles. The van der Waals surface area contributed by atoms with Gasteiger partial charge in [0.2, 0.25) is 0 Å². The highest BCUT2D eigenvalue weighted by molar-refractivity contribution is 5.89. The Balaban J connectivity index is 2.03. The average Bonchev–Trinajstić information content (AvgIpc) is 2.81. The first kappa shape index (κ1) is 15.9. The Morgan fingerprint density at radius 3 is 2.50 bits per heavy atom. The molecule has 0 aliphatic rings. The number of hydrogen-bond donors (Lipinski definition) is 2. The summed E-state index contributed by atoms with van der Waals surface area (Å²) in [5, 5.41) is 10.2. The summed E-state index contributed by atoms with van der Waals surface area (Å²) in [5.41, 5.74) is 2.03. The van der Waals surface area contributed by atoms with Gasteiger partial charge in [-0.3, -0.25) is 10.00 Å². The minimum Gasteiger partial charge on any atom is -0.444 e. The number of rotatable bonds is 4. The molecule has 0 saturated carbocycles. The van der Waals surface area contributed by atoms with Crippen LogP contribution < -0.4 is 10.6 Å². The summed E-state index contributed by atoms with van der Waals surface area (Å²) >= 11 is 0. The van der Waals surface area contributed by atoms with E-state index >= 15 is 0 Å². The van der Waals surface area contributed by atoms with Gasteiger partial charge in [-0.15, -0.1) is 0 Å². The zero-order valence-electron chi connectivity index (χ0n) is 13.4. The first-order valence-corrected chi connectivity index (χ1v) is 7.15. The molecule has 1 heterocycles. The molecule has 0 aliphatic carbocycles. The molecule has 1 aromatic carbocycles. The van der Waals surface area contributed by atoms with E-state index in [2.05, 4.69) is 15.7 Å². The van der Waals surface area contributed by atoms with Crippen LogP contribution in [-0.4, -0.2) is 21.5 Å². The van der Waals surface area contributed by atoms with E-state index in [1.807, 2.05) is 58.2 Å². The third-order valence-electron chi connectivity index (χ3n) is 2.95. The first-order chi connectivity index (χ1) is 10.3. The topological polar surface area (TPSA) is 68.2 Å². The van der Waals surface area contributed by atoms with Gasteiger partial charge in [-0.2, -0.15) is 5.10 Å². The molecular formula is C16H22N4O2. The molecule has 0 saturated heterocycles. The molecule has 0 atom stereocenters. The first-order valence-electron chi connectivity index (χ1n) is 7.15. The summed E-state index contributed by atoms with van der Waals surface area (Å²) in [6.45, 7) is 6.11. The van der Waals surface area contributed by atoms with Gasteiger partial charge in [0.25, 0.3) is 0 Å². The minimum absolute atomic E-state index is 0.470. The second-order valence-corrected chi connectivity index (χ2v) is 5.97. The Kier molecular flexibility index (Phi) is 4.70. The second-order valence-electron chi connectivity index (χ2n) is 5.97. The van der Waals surface area contributed by atoms with E-state index in [1.165, 1.54) is 0 Å². The number of amides is 1. The largest absolute Gasteiger partial charge is 0.444 e. The minimum atomic E-state index is -0.527. The molecule has 0 bridgehead atoms. The van der Waals surface area contributed by atoms with Crippen molar-refractivity contribution in [3.8, 4) is 0 Å². The lowest BCUT2D eigenvalue weighted by molar-refractivity contribution is 0.0636. The Hall–Kier alpha value is -2.50. The molecule has 0 aliphatic heterocycles. The number of carbonyl (C=O) groups excluding carboxylic acids is 1. The highest BCUT2D eigenvalue weighted by Crippen LogP contribution is 2.22. The summed E-state index contributed by atoms with van der Waals surface area (Å²) in [4.78, 5) is 11.9. The molecular weight excluding hydrogens is 280 g/mol. The van der Waals surface area contributed by atoms with Crippen molar-refractivity contribution in [2.75, 3.05) is 10.6 Å². The Morgan fingerprint density at radius 2 is 1.91 bits per heavy atom. The van der Waals surface area contributed by atoms with Crippen molar-refractivity contribution in [2.45, 2.75) is 32.9 Å². The van der Waals surface area contributed by atoms with E-state index in [9.17, 15) is 4.79 Å². The Labute approximate surface area is 130 Å². The van der Waals surface area contributed by atoms with Gasteiger partial charge in [0.1, 0.15) is 5.60 Å². The number of carbonyl (C=O) groups is 1. The molecule has 1 amide bonds. The number of aromatic nitrogens is 2. The van der Waals surface area contributed by atoms with Crippen LogP contribution in [0, 0.1) is 0 Å². The van der Waals surface area contributed by atoms with E-state index in [0.29, 0.717) is 12.2 Å². The molecule has 22 heavy (non-hydrogen) atoms. The molecule has 6 heteroatoms. The third kappa shape index (κ3) is 4.51. The van der Waals surface area contributed by atoms with Crippen LogP contribution in [0.5, 0.6) is 0 Å². The Morgan fingerprint density at radius 1 is 1.23 bits per heavy atom. The number of anilines is 2. The fourth-order valence-corrected chi connectivity index (χ4v) is 1.92. The third-order valence-corrected chi connectivity index (χ3v) is 2.95. The average molecular weight is 302 g/mol. The zero-order chi connectivity index (χ0) is 16.2. The van der Waals surface area contributed by atoms with Gasteiger partial charge >= 0.3 is 6.09 Å². The summed E-state index contributed by atoms with van der Waals surface area (Å²) < 4.78 is 7.08. The van der Waals surface area contributed by atoms with Crippen molar-refractivity contribution >= 4 is 17.5 Å². The van der Waals surface area contributed by atoms with Crippen molar-refractivity contribution in [3.63, 3.8) is 0 Å². The van der Waals surface area contributed by atoms with Crippen LogP contribution in [0.25, 0.3) is 0 Å². The molecule has 2 aromatic rings. The number of aryl methyl sites for hydroxylation is 1. The summed E-state index contributed by atoms with van der Waals surface area (Å²) in [6, 6.07) is 9.45. The van der Waals surface area contributed by atoms with Crippen molar-refractivity contribution in [1.29, 1.82) is 0 Å².